The average Bonchev–Trinajstić information content (AvgIpc) is 3.51. The van der Waals surface area contributed by atoms with Gasteiger partial charge in [0, 0.05) is 43.1 Å². The van der Waals surface area contributed by atoms with Crippen molar-refractivity contribution in [3.8, 4) is 17.1 Å². The number of aromatic nitrogens is 4. The van der Waals surface area contributed by atoms with E-state index in [2.05, 4.69) is 25.7 Å². The largest absolute Gasteiger partial charge is 0.508 e. The lowest BCUT2D eigenvalue weighted by molar-refractivity contribution is 0.208. The second kappa shape index (κ2) is 7.66. The number of hydrogen-bond donors (Lipinski definition) is 2. The molecule has 30 heavy (non-hydrogen) atoms. The molecule has 0 atom stereocenters. The zero-order valence-corrected chi connectivity index (χ0v) is 16.5. The fourth-order valence-corrected chi connectivity index (χ4v) is 3.69. The standard InChI is InChI=1S/C21H23N7O2/c29-19-9-7-17(8-10-19)26-11-13-27(14-12-26)21(30)22-16-3-1-15(2-4-16)20-23-24-25-28(20)18-5-6-18/h1-4,7-10,18,29H,5-6,11-14H2,(H,22,30). The minimum absolute atomic E-state index is 0.101. The molecule has 1 saturated heterocycles. The minimum atomic E-state index is -0.101. The maximum absolute atomic E-state index is 12.6. The topological polar surface area (TPSA) is 99.4 Å². The van der Waals surface area contributed by atoms with Crippen molar-refractivity contribution in [2.45, 2.75) is 18.9 Å². The van der Waals surface area contributed by atoms with Gasteiger partial charge in [-0.1, -0.05) is 0 Å². The number of amides is 2. The fourth-order valence-electron chi connectivity index (χ4n) is 3.69. The third-order valence-corrected chi connectivity index (χ3v) is 5.56. The van der Waals surface area contributed by atoms with Gasteiger partial charge < -0.3 is 20.2 Å². The number of rotatable bonds is 4. The van der Waals surface area contributed by atoms with E-state index in [9.17, 15) is 9.90 Å². The Bertz CT molecular complexity index is 1020. The first kappa shape index (κ1) is 18.4. The highest BCUT2D eigenvalue weighted by molar-refractivity contribution is 5.89. The molecule has 2 aromatic carbocycles. The van der Waals surface area contributed by atoms with Crippen LogP contribution in [0, 0.1) is 0 Å². The molecule has 0 radical (unpaired) electrons. The van der Waals surface area contributed by atoms with Crippen molar-refractivity contribution >= 4 is 17.4 Å². The second-order valence-corrected chi connectivity index (χ2v) is 7.68. The Morgan fingerprint density at radius 2 is 1.67 bits per heavy atom. The highest BCUT2D eigenvalue weighted by Gasteiger charge is 2.28. The molecule has 0 unspecified atom stereocenters. The Hall–Kier alpha value is -3.62. The number of anilines is 2. The molecule has 1 aliphatic carbocycles. The van der Waals surface area contributed by atoms with Crippen molar-refractivity contribution in [1.82, 2.24) is 25.1 Å². The van der Waals surface area contributed by atoms with Crippen LogP contribution < -0.4 is 10.2 Å². The van der Waals surface area contributed by atoms with E-state index in [1.165, 1.54) is 0 Å². The van der Waals surface area contributed by atoms with Crippen LogP contribution in [0.2, 0.25) is 0 Å². The molecule has 1 aromatic heterocycles. The van der Waals surface area contributed by atoms with Gasteiger partial charge in [-0.25, -0.2) is 9.48 Å². The van der Waals surface area contributed by atoms with Gasteiger partial charge in [-0.15, -0.1) is 5.10 Å². The van der Waals surface area contributed by atoms with Crippen LogP contribution in [0.3, 0.4) is 0 Å². The molecule has 0 bridgehead atoms. The smallest absolute Gasteiger partial charge is 0.321 e. The summed E-state index contributed by atoms with van der Waals surface area (Å²) >= 11 is 0. The summed E-state index contributed by atoms with van der Waals surface area (Å²) in [7, 11) is 0. The van der Waals surface area contributed by atoms with Gasteiger partial charge in [0.2, 0.25) is 0 Å². The zero-order chi connectivity index (χ0) is 20.5. The molecular weight excluding hydrogens is 382 g/mol. The molecule has 2 amide bonds. The van der Waals surface area contributed by atoms with Crippen LogP contribution in [0.4, 0.5) is 16.2 Å². The molecule has 9 heteroatoms. The van der Waals surface area contributed by atoms with E-state index in [0.29, 0.717) is 19.1 Å². The molecule has 1 aliphatic heterocycles. The van der Waals surface area contributed by atoms with Gasteiger partial charge in [-0.05, 0) is 71.8 Å². The van der Waals surface area contributed by atoms with E-state index >= 15 is 0 Å². The molecule has 2 fully saturated rings. The van der Waals surface area contributed by atoms with Gasteiger partial charge in [0.05, 0.1) is 6.04 Å². The van der Waals surface area contributed by atoms with Crippen molar-refractivity contribution in [2.24, 2.45) is 0 Å². The number of carbonyl (C=O) groups is 1. The lowest BCUT2D eigenvalue weighted by Crippen LogP contribution is -2.50. The SMILES string of the molecule is O=C(Nc1ccc(-c2nnnn2C2CC2)cc1)N1CCN(c2ccc(O)cc2)CC1. The van der Waals surface area contributed by atoms with Crippen molar-refractivity contribution < 1.29 is 9.90 Å². The van der Waals surface area contributed by atoms with Gasteiger partial charge in [-0.3, -0.25) is 0 Å². The number of urea groups is 1. The Labute approximate surface area is 173 Å². The fraction of sp³-hybridized carbons (Fsp3) is 0.333. The number of phenols is 1. The van der Waals surface area contributed by atoms with Crippen LogP contribution in [-0.4, -0.2) is 62.4 Å². The monoisotopic (exact) mass is 405 g/mol. The van der Waals surface area contributed by atoms with Crippen LogP contribution in [0.25, 0.3) is 11.4 Å². The number of benzene rings is 2. The maximum Gasteiger partial charge on any atom is 0.321 e. The predicted octanol–water partition coefficient (Wildman–Crippen LogP) is 2.73. The van der Waals surface area contributed by atoms with Crippen LogP contribution in [-0.2, 0) is 0 Å². The third kappa shape index (κ3) is 3.78. The minimum Gasteiger partial charge on any atom is -0.508 e. The average molecular weight is 405 g/mol. The molecule has 0 spiro atoms. The number of phenolic OH excluding ortho intramolecular Hbond substituents is 1. The van der Waals surface area contributed by atoms with Gasteiger partial charge in [0.25, 0.3) is 0 Å². The van der Waals surface area contributed by atoms with Crippen LogP contribution in [0.1, 0.15) is 18.9 Å². The molecule has 5 rings (SSSR count). The van der Waals surface area contributed by atoms with Gasteiger partial charge >= 0.3 is 6.03 Å². The third-order valence-electron chi connectivity index (χ3n) is 5.56. The van der Waals surface area contributed by atoms with Crippen molar-refractivity contribution in [1.29, 1.82) is 0 Å². The number of nitrogens with one attached hydrogen (secondary N) is 1. The van der Waals surface area contributed by atoms with Gasteiger partial charge in [-0.2, -0.15) is 0 Å². The van der Waals surface area contributed by atoms with Gasteiger partial charge in [0.15, 0.2) is 5.82 Å². The summed E-state index contributed by atoms with van der Waals surface area (Å²) < 4.78 is 1.88. The van der Waals surface area contributed by atoms with Crippen LogP contribution >= 0.6 is 0 Å². The summed E-state index contributed by atoms with van der Waals surface area (Å²) in [5, 5.41) is 24.4. The first-order valence-electron chi connectivity index (χ1n) is 10.2. The summed E-state index contributed by atoms with van der Waals surface area (Å²) in [6.07, 6.45) is 2.23. The Kier molecular flexibility index (Phi) is 4.70. The summed E-state index contributed by atoms with van der Waals surface area (Å²) in [6.45, 7) is 2.78. The molecule has 2 heterocycles. The highest BCUT2D eigenvalue weighted by atomic mass is 16.3. The zero-order valence-electron chi connectivity index (χ0n) is 16.5. The van der Waals surface area contributed by atoms with Crippen LogP contribution in [0.15, 0.2) is 48.5 Å². The summed E-state index contributed by atoms with van der Waals surface area (Å²) in [6, 6.07) is 15.1. The lowest BCUT2D eigenvalue weighted by atomic mass is 10.2. The Morgan fingerprint density at radius 1 is 0.967 bits per heavy atom. The van der Waals surface area contributed by atoms with E-state index < -0.39 is 0 Å². The van der Waals surface area contributed by atoms with E-state index in [4.69, 9.17) is 0 Å². The summed E-state index contributed by atoms with van der Waals surface area (Å²) in [5.74, 6) is 1.02. The molecule has 2 N–H and O–H groups in total. The molecule has 1 saturated carbocycles. The number of tetrazole rings is 1. The number of carbonyl (C=O) groups excluding carboxylic acids is 1. The molecule has 154 valence electrons. The summed E-state index contributed by atoms with van der Waals surface area (Å²) in [5.41, 5.74) is 2.74. The Morgan fingerprint density at radius 3 is 2.33 bits per heavy atom. The highest BCUT2D eigenvalue weighted by Crippen LogP contribution is 2.36. The summed E-state index contributed by atoms with van der Waals surface area (Å²) in [4.78, 5) is 16.7. The quantitative estimate of drug-likeness (QED) is 0.692. The maximum atomic E-state index is 12.6. The Balaban J connectivity index is 1.18. The second-order valence-electron chi connectivity index (χ2n) is 7.68. The van der Waals surface area contributed by atoms with Crippen molar-refractivity contribution in [3.63, 3.8) is 0 Å². The number of aromatic hydroxyl groups is 1. The first-order chi connectivity index (χ1) is 14.7. The van der Waals surface area contributed by atoms with Crippen molar-refractivity contribution in [2.75, 3.05) is 36.4 Å². The van der Waals surface area contributed by atoms with E-state index in [0.717, 1.165) is 48.7 Å². The lowest BCUT2D eigenvalue weighted by Gasteiger charge is -2.36. The number of piperazine rings is 1. The molecule has 2 aliphatic rings. The van der Waals surface area contributed by atoms with E-state index in [1.807, 2.05) is 46.0 Å². The van der Waals surface area contributed by atoms with E-state index in [1.54, 1.807) is 12.1 Å². The first-order valence-corrected chi connectivity index (χ1v) is 10.2. The predicted molar refractivity (Wildman–Crippen MR) is 112 cm³/mol. The number of hydrogen-bond acceptors (Lipinski definition) is 6. The molecular formula is C21H23N7O2. The van der Waals surface area contributed by atoms with Gasteiger partial charge in [0.1, 0.15) is 5.75 Å². The normalized spacial score (nSPS) is 16.5. The van der Waals surface area contributed by atoms with Crippen LogP contribution in [0.5, 0.6) is 5.75 Å². The molecule has 9 nitrogen and oxygen atoms in total. The van der Waals surface area contributed by atoms with Crippen molar-refractivity contribution in [3.05, 3.63) is 48.5 Å². The van der Waals surface area contributed by atoms with E-state index in [-0.39, 0.29) is 11.8 Å². The number of nitrogens with zero attached hydrogens (tertiary/aromatic N) is 6. The molecule has 3 aromatic rings.